The molecule has 3 aromatic carbocycles. The number of amides is 1. The smallest absolute Gasteiger partial charge is 0.337 e. The third-order valence-electron chi connectivity index (χ3n) is 6.20. The van der Waals surface area contributed by atoms with E-state index in [0.717, 1.165) is 33.6 Å². The first kappa shape index (κ1) is 21.6. The van der Waals surface area contributed by atoms with E-state index in [0.29, 0.717) is 25.1 Å². The standard InChI is InChI=1S/C28H25N3O3/c1-34-28(33)23-12-13-24-18-30(15-14-22(24)16-23)27(32)19-31-26(21-10-6-3-7-11-21)17-25(29-31)20-8-4-2-5-9-20/h2-13,16-17H,14-15,18-19H2,1H3. The van der Waals surface area contributed by atoms with Crippen molar-refractivity contribution in [3.8, 4) is 22.5 Å². The minimum absolute atomic E-state index is 0.0163. The van der Waals surface area contributed by atoms with E-state index in [-0.39, 0.29) is 18.4 Å². The monoisotopic (exact) mass is 451 g/mol. The second kappa shape index (κ2) is 9.35. The quantitative estimate of drug-likeness (QED) is 0.417. The molecule has 0 spiro atoms. The minimum Gasteiger partial charge on any atom is -0.465 e. The first-order chi connectivity index (χ1) is 16.6. The molecule has 0 saturated carbocycles. The molecule has 4 aromatic rings. The van der Waals surface area contributed by atoms with Gasteiger partial charge in [-0.2, -0.15) is 5.10 Å². The van der Waals surface area contributed by atoms with Crippen LogP contribution in [0.5, 0.6) is 0 Å². The molecular formula is C28H25N3O3. The summed E-state index contributed by atoms with van der Waals surface area (Å²) in [6.07, 6.45) is 0.700. The Kier molecular flexibility index (Phi) is 5.95. The van der Waals surface area contributed by atoms with Crippen LogP contribution in [-0.4, -0.2) is 40.2 Å². The van der Waals surface area contributed by atoms with Gasteiger partial charge in [0.2, 0.25) is 5.91 Å². The van der Waals surface area contributed by atoms with Crippen LogP contribution in [0.25, 0.3) is 22.5 Å². The van der Waals surface area contributed by atoms with Crippen molar-refractivity contribution < 1.29 is 14.3 Å². The van der Waals surface area contributed by atoms with Crippen molar-refractivity contribution in [1.82, 2.24) is 14.7 Å². The largest absolute Gasteiger partial charge is 0.465 e. The van der Waals surface area contributed by atoms with E-state index in [1.165, 1.54) is 7.11 Å². The number of esters is 1. The van der Waals surface area contributed by atoms with Gasteiger partial charge in [-0.1, -0.05) is 66.7 Å². The number of hydrogen-bond acceptors (Lipinski definition) is 4. The average molecular weight is 452 g/mol. The number of carbonyl (C=O) groups excluding carboxylic acids is 2. The summed E-state index contributed by atoms with van der Waals surface area (Å²) < 4.78 is 6.62. The maximum absolute atomic E-state index is 13.3. The summed E-state index contributed by atoms with van der Waals surface area (Å²) in [5, 5.41) is 4.79. The topological polar surface area (TPSA) is 64.4 Å². The van der Waals surface area contributed by atoms with Gasteiger partial charge in [0, 0.05) is 18.7 Å². The van der Waals surface area contributed by atoms with Gasteiger partial charge in [0.1, 0.15) is 6.54 Å². The molecule has 0 radical (unpaired) electrons. The molecule has 1 aliphatic rings. The van der Waals surface area contributed by atoms with Gasteiger partial charge in [-0.25, -0.2) is 4.79 Å². The first-order valence-corrected chi connectivity index (χ1v) is 11.3. The zero-order valence-corrected chi connectivity index (χ0v) is 19.0. The van der Waals surface area contributed by atoms with Crippen molar-refractivity contribution in [3.63, 3.8) is 0 Å². The molecule has 0 unspecified atom stereocenters. The van der Waals surface area contributed by atoms with E-state index in [1.54, 1.807) is 10.7 Å². The highest BCUT2D eigenvalue weighted by molar-refractivity contribution is 5.89. The van der Waals surface area contributed by atoms with Crippen molar-refractivity contribution in [2.24, 2.45) is 0 Å². The number of carbonyl (C=O) groups is 2. The van der Waals surface area contributed by atoms with Crippen LogP contribution in [0.3, 0.4) is 0 Å². The summed E-state index contributed by atoms with van der Waals surface area (Å²) in [4.78, 5) is 27.0. The van der Waals surface area contributed by atoms with E-state index in [9.17, 15) is 9.59 Å². The molecule has 0 fully saturated rings. The molecule has 0 aliphatic carbocycles. The Balaban J connectivity index is 1.39. The number of rotatable bonds is 5. The number of aromatic nitrogens is 2. The van der Waals surface area contributed by atoms with Crippen LogP contribution in [0, 0.1) is 0 Å². The van der Waals surface area contributed by atoms with E-state index >= 15 is 0 Å². The molecule has 5 rings (SSSR count). The first-order valence-electron chi connectivity index (χ1n) is 11.3. The van der Waals surface area contributed by atoms with Gasteiger partial charge in [-0.15, -0.1) is 0 Å². The summed E-state index contributed by atoms with van der Waals surface area (Å²) >= 11 is 0. The summed E-state index contributed by atoms with van der Waals surface area (Å²) in [5.41, 5.74) is 6.46. The maximum atomic E-state index is 13.3. The van der Waals surface area contributed by atoms with E-state index < -0.39 is 0 Å². The Morgan fingerprint density at radius 1 is 0.882 bits per heavy atom. The lowest BCUT2D eigenvalue weighted by molar-refractivity contribution is -0.132. The molecule has 0 N–H and O–H groups in total. The van der Waals surface area contributed by atoms with Crippen molar-refractivity contribution >= 4 is 11.9 Å². The molecule has 6 nitrogen and oxygen atoms in total. The number of methoxy groups -OCH3 is 1. The molecule has 170 valence electrons. The van der Waals surface area contributed by atoms with Crippen LogP contribution in [0.15, 0.2) is 84.9 Å². The van der Waals surface area contributed by atoms with Gasteiger partial charge < -0.3 is 9.64 Å². The summed E-state index contributed by atoms with van der Waals surface area (Å²) in [6, 6.07) is 27.6. The van der Waals surface area contributed by atoms with Crippen molar-refractivity contribution in [2.45, 2.75) is 19.5 Å². The molecule has 1 aromatic heterocycles. The summed E-state index contributed by atoms with van der Waals surface area (Å²) in [5.74, 6) is -0.328. The highest BCUT2D eigenvalue weighted by atomic mass is 16.5. The minimum atomic E-state index is -0.345. The third-order valence-corrected chi connectivity index (χ3v) is 6.20. The van der Waals surface area contributed by atoms with Crippen molar-refractivity contribution in [2.75, 3.05) is 13.7 Å². The molecule has 0 bridgehead atoms. The van der Waals surface area contributed by atoms with Crippen molar-refractivity contribution in [1.29, 1.82) is 0 Å². The van der Waals surface area contributed by atoms with Gasteiger partial charge in [-0.05, 0) is 41.3 Å². The zero-order valence-electron chi connectivity index (χ0n) is 19.0. The summed E-state index contributed by atoms with van der Waals surface area (Å²) in [6.45, 7) is 1.28. The summed E-state index contributed by atoms with van der Waals surface area (Å²) in [7, 11) is 1.38. The number of nitrogens with zero attached hydrogens (tertiary/aromatic N) is 3. The van der Waals surface area contributed by atoms with Crippen LogP contribution in [0.1, 0.15) is 21.5 Å². The van der Waals surface area contributed by atoms with Gasteiger partial charge in [0.05, 0.1) is 24.1 Å². The molecule has 0 saturated heterocycles. The third kappa shape index (κ3) is 4.35. The fraction of sp³-hybridized carbons (Fsp3) is 0.179. The Hall–Kier alpha value is -4.19. The van der Waals surface area contributed by atoms with Crippen LogP contribution in [0.4, 0.5) is 0 Å². The van der Waals surface area contributed by atoms with E-state index in [1.807, 2.05) is 83.8 Å². The van der Waals surface area contributed by atoms with E-state index in [4.69, 9.17) is 9.84 Å². The second-order valence-electron chi connectivity index (χ2n) is 8.34. The van der Waals surface area contributed by atoms with Crippen molar-refractivity contribution in [3.05, 3.63) is 102 Å². The molecule has 2 heterocycles. The predicted molar refractivity (Wildman–Crippen MR) is 130 cm³/mol. The Morgan fingerprint density at radius 2 is 1.59 bits per heavy atom. The van der Waals surface area contributed by atoms with E-state index in [2.05, 4.69) is 0 Å². The predicted octanol–water partition coefficient (Wildman–Crippen LogP) is 4.59. The zero-order chi connectivity index (χ0) is 23.5. The van der Waals surface area contributed by atoms with Crippen LogP contribution >= 0.6 is 0 Å². The highest BCUT2D eigenvalue weighted by Crippen LogP contribution is 2.27. The Labute approximate surface area is 198 Å². The maximum Gasteiger partial charge on any atom is 0.337 e. The van der Waals surface area contributed by atoms with Crippen LogP contribution in [0.2, 0.25) is 0 Å². The lowest BCUT2D eigenvalue weighted by Crippen LogP contribution is -2.38. The highest BCUT2D eigenvalue weighted by Gasteiger charge is 2.23. The lowest BCUT2D eigenvalue weighted by Gasteiger charge is -2.29. The van der Waals surface area contributed by atoms with Gasteiger partial charge in [0.15, 0.2) is 0 Å². The van der Waals surface area contributed by atoms with Crippen LogP contribution < -0.4 is 0 Å². The lowest BCUT2D eigenvalue weighted by atomic mass is 9.97. The van der Waals surface area contributed by atoms with Gasteiger partial charge >= 0.3 is 5.97 Å². The molecule has 1 aliphatic heterocycles. The molecular weight excluding hydrogens is 426 g/mol. The number of ether oxygens (including phenoxy) is 1. The molecule has 0 atom stereocenters. The number of hydrogen-bond donors (Lipinski definition) is 0. The second-order valence-corrected chi connectivity index (χ2v) is 8.34. The number of fused-ring (bicyclic) bond motifs is 1. The fourth-order valence-corrected chi connectivity index (χ4v) is 4.37. The normalized spacial score (nSPS) is 12.8. The SMILES string of the molecule is COC(=O)c1ccc2c(c1)CCN(C(=O)Cn1nc(-c3ccccc3)cc1-c1ccccc1)C2. The molecule has 1 amide bonds. The Bertz CT molecular complexity index is 1330. The van der Waals surface area contributed by atoms with Crippen LogP contribution in [-0.2, 0) is 29.0 Å². The van der Waals surface area contributed by atoms with Gasteiger partial charge in [0.25, 0.3) is 0 Å². The fourth-order valence-electron chi connectivity index (χ4n) is 4.37. The Morgan fingerprint density at radius 3 is 2.29 bits per heavy atom. The molecule has 34 heavy (non-hydrogen) atoms. The molecule has 6 heteroatoms. The number of benzene rings is 3. The van der Waals surface area contributed by atoms with Gasteiger partial charge in [-0.3, -0.25) is 9.48 Å². The average Bonchev–Trinajstić information content (AvgIpc) is 3.32.